The molecule has 0 aliphatic heterocycles. The molecule has 1 rings (SSSR count). The van der Waals surface area contributed by atoms with Crippen molar-refractivity contribution in [1.82, 2.24) is 5.32 Å². The number of aliphatic carboxylic acids is 1. The van der Waals surface area contributed by atoms with Gasteiger partial charge in [0, 0.05) is 17.8 Å². The predicted molar refractivity (Wildman–Crippen MR) is 66.9 cm³/mol. The number of urea groups is 1. The number of imide groups is 1. The maximum Gasteiger partial charge on any atom is 0.328 e. The van der Waals surface area contributed by atoms with E-state index in [9.17, 15) is 14.4 Å². The number of anilines is 1. The van der Waals surface area contributed by atoms with Crippen LogP contribution in [-0.2, 0) is 9.59 Å². The van der Waals surface area contributed by atoms with Gasteiger partial charge in [0.1, 0.15) is 5.75 Å². The maximum atomic E-state index is 11.4. The number of amides is 3. The standard InChI is InChI=1S/C12H12N2O5/c1-19-9-4-2-8(3-5-9)13-12(18)14-10(15)6-7-11(16)17/h2-7H,1H3,(H,16,17)(H2,13,14,15,18)/b7-6+. The van der Waals surface area contributed by atoms with Crippen LogP contribution in [0.1, 0.15) is 0 Å². The lowest BCUT2D eigenvalue weighted by atomic mass is 10.3. The average molecular weight is 264 g/mol. The first-order chi connectivity index (χ1) is 9.01. The van der Waals surface area contributed by atoms with E-state index in [1.165, 1.54) is 7.11 Å². The minimum Gasteiger partial charge on any atom is -0.497 e. The van der Waals surface area contributed by atoms with Gasteiger partial charge >= 0.3 is 12.0 Å². The summed E-state index contributed by atoms with van der Waals surface area (Å²) in [4.78, 5) is 32.6. The number of hydrogen-bond acceptors (Lipinski definition) is 4. The third-order valence-electron chi connectivity index (χ3n) is 1.96. The first kappa shape index (κ1) is 14.2. The highest BCUT2D eigenvalue weighted by atomic mass is 16.5. The largest absolute Gasteiger partial charge is 0.497 e. The summed E-state index contributed by atoms with van der Waals surface area (Å²) < 4.78 is 4.95. The van der Waals surface area contributed by atoms with Crippen molar-refractivity contribution in [3.05, 3.63) is 36.4 Å². The number of carboxylic acids is 1. The first-order valence-electron chi connectivity index (χ1n) is 5.18. The molecule has 100 valence electrons. The number of carbonyl (C=O) groups is 3. The number of carboxylic acid groups (broad SMARTS) is 1. The summed E-state index contributed by atoms with van der Waals surface area (Å²) in [5.74, 6) is -1.47. The second-order valence-electron chi connectivity index (χ2n) is 3.34. The van der Waals surface area contributed by atoms with E-state index in [1.54, 1.807) is 24.3 Å². The topological polar surface area (TPSA) is 105 Å². The fourth-order valence-corrected chi connectivity index (χ4v) is 1.14. The Morgan fingerprint density at radius 2 is 1.79 bits per heavy atom. The second-order valence-corrected chi connectivity index (χ2v) is 3.34. The lowest BCUT2D eigenvalue weighted by Crippen LogP contribution is -2.33. The third kappa shape index (κ3) is 5.35. The lowest BCUT2D eigenvalue weighted by Gasteiger charge is -2.05. The van der Waals surface area contributed by atoms with Gasteiger partial charge in [-0.3, -0.25) is 10.1 Å². The minimum absolute atomic E-state index is 0.466. The Morgan fingerprint density at radius 1 is 1.16 bits per heavy atom. The van der Waals surface area contributed by atoms with Crippen molar-refractivity contribution >= 4 is 23.6 Å². The first-order valence-corrected chi connectivity index (χ1v) is 5.18. The molecule has 0 aromatic heterocycles. The highest BCUT2D eigenvalue weighted by Crippen LogP contribution is 2.14. The monoisotopic (exact) mass is 264 g/mol. The van der Waals surface area contributed by atoms with Crippen molar-refractivity contribution < 1.29 is 24.2 Å². The number of methoxy groups -OCH3 is 1. The Kier molecular flexibility index (Phi) is 5.09. The van der Waals surface area contributed by atoms with Crippen LogP contribution in [0.3, 0.4) is 0 Å². The van der Waals surface area contributed by atoms with Crippen molar-refractivity contribution in [3.8, 4) is 5.75 Å². The number of hydrogen-bond donors (Lipinski definition) is 3. The SMILES string of the molecule is COc1ccc(NC(=O)NC(=O)/C=C/C(=O)O)cc1. The minimum atomic E-state index is -1.27. The van der Waals surface area contributed by atoms with E-state index in [4.69, 9.17) is 9.84 Å². The molecule has 0 spiro atoms. The van der Waals surface area contributed by atoms with Crippen LogP contribution in [0, 0.1) is 0 Å². The molecule has 3 N–H and O–H groups in total. The normalized spacial score (nSPS) is 9.95. The Balaban J connectivity index is 2.50. The van der Waals surface area contributed by atoms with E-state index in [-0.39, 0.29) is 0 Å². The van der Waals surface area contributed by atoms with Crippen LogP contribution in [0.5, 0.6) is 5.75 Å². The summed E-state index contributed by atoms with van der Waals surface area (Å²) in [5, 5.41) is 12.6. The van der Waals surface area contributed by atoms with Gasteiger partial charge < -0.3 is 15.2 Å². The molecule has 0 aliphatic carbocycles. The summed E-state index contributed by atoms with van der Waals surface area (Å²) in [5.41, 5.74) is 0.466. The van der Waals surface area contributed by atoms with Crippen LogP contribution < -0.4 is 15.4 Å². The Hall–Kier alpha value is -2.83. The number of nitrogens with one attached hydrogen (secondary N) is 2. The lowest BCUT2D eigenvalue weighted by molar-refractivity contribution is -0.131. The molecule has 0 atom stereocenters. The number of benzene rings is 1. The molecule has 7 heteroatoms. The van der Waals surface area contributed by atoms with E-state index >= 15 is 0 Å². The highest BCUT2D eigenvalue weighted by Gasteiger charge is 2.05. The van der Waals surface area contributed by atoms with E-state index in [1.807, 2.05) is 5.32 Å². The van der Waals surface area contributed by atoms with Gasteiger partial charge in [-0.2, -0.15) is 0 Å². The molecule has 1 aromatic rings. The molecule has 0 bridgehead atoms. The van der Waals surface area contributed by atoms with Crippen LogP contribution >= 0.6 is 0 Å². The zero-order valence-electron chi connectivity index (χ0n) is 10.0. The molecule has 0 unspecified atom stereocenters. The maximum absolute atomic E-state index is 11.4. The van der Waals surface area contributed by atoms with Crippen molar-refractivity contribution in [2.45, 2.75) is 0 Å². The zero-order valence-corrected chi connectivity index (χ0v) is 10.0. The van der Waals surface area contributed by atoms with Crippen molar-refractivity contribution in [3.63, 3.8) is 0 Å². The highest BCUT2D eigenvalue weighted by molar-refractivity contribution is 6.06. The van der Waals surface area contributed by atoms with Gasteiger partial charge in [0.2, 0.25) is 0 Å². The zero-order chi connectivity index (χ0) is 14.3. The van der Waals surface area contributed by atoms with E-state index in [2.05, 4.69) is 5.32 Å². The van der Waals surface area contributed by atoms with Crippen molar-refractivity contribution in [2.24, 2.45) is 0 Å². The van der Waals surface area contributed by atoms with Gasteiger partial charge in [-0.15, -0.1) is 0 Å². The Morgan fingerprint density at radius 3 is 2.32 bits per heavy atom. The predicted octanol–water partition coefficient (Wildman–Crippen LogP) is 0.984. The fraction of sp³-hybridized carbons (Fsp3) is 0.0833. The summed E-state index contributed by atoms with van der Waals surface area (Å²) in [7, 11) is 1.52. The van der Waals surface area contributed by atoms with Crippen LogP contribution in [0.2, 0.25) is 0 Å². The average Bonchev–Trinajstić information content (AvgIpc) is 2.37. The third-order valence-corrected chi connectivity index (χ3v) is 1.96. The molecule has 0 aliphatic rings. The fourth-order valence-electron chi connectivity index (χ4n) is 1.14. The smallest absolute Gasteiger partial charge is 0.328 e. The van der Waals surface area contributed by atoms with Gasteiger partial charge in [-0.05, 0) is 24.3 Å². The Bertz CT molecular complexity index is 507. The van der Waals surface area contributed by atoms with E-state index in [0.717, 1.165) is 6.08 Å². The number of rotatable bonds is 4. The summed E-state index contributed by atoms with van der Waals surface area (Å²) >= 11 is 0. The van der Waals surface area contributed by atoms with Crippen LogP contribution in [0.15, 0.2) is 36.4 Å². The number of ether oxygens (including phenoxy) is 1. The Labute approximate surface area is 108 Å². The number of carbonyl (C=O) groups excluding carboxylic acids is 2. The molecule has 19 heavy (non-hydrogen) atoms. The quantitative estimate of drug-likeness (QED) is 0.703. The van der Waals surface area contributed by atoms with Crippen molar-refractivity contribution in [2.75, 3.05) is 12.4 Å². The van der Waals surface area contributed by atoms with Gasteiger partial charge in [0.25, 0.3) is 5.91 Å². The van der Waals surface area contributed by atoms with Crippen LogP contribution in [0.25, 0.3) is 0 Å². The molecule has 0 radical (unpaired) electrons. The van der Waals surface area contributed by atoms with E-state index < -0.39 is 17.9 Å². The van der Waals surface area contributed by atoms with Crippen LogP contribution in [0.4, 0.5) is 10.5 Å². The van der Waals surface area contributed by atoms with Gasteiger partial charge in [0.05, 0.1) is 7.11 Å². The van der Waals surface area contributed by atoms with E-state index in [0.29, 0.717) is 17.5 Å². The summed E-state index contributed by atoms with van der Waals surface area (Å²) in [6, 6.07) is 5.71. The van der Waals surface area contributed by atoms with Crippen molar-refractivity contribution in [1.29, 1.82) is 0 Å². The summed E-state index contributed by atoms with van der Waals surface area (Å²) in [6.45, 7) is 0. The van der Waals surface area contributed by atoms with Gasteiger partial charge in [0.15, 0.2) is 0 Å². The molecule has 3 amide bonds. The molecule has 0 saturated carbocycles. The molecule has 0 saturated heterocycles. The molecule has 7 nitrogen and oxygen atoms in total. The molecule has 0 fully saturated rings. The molecular formula is C12H12N2O5. The van der Waals surface area contributed by atoms with Gasteiger partial charge in [-0.25, -0.2) is 9.59 Å². The molecular weight excluding hydrogens is 252 g/mol. The van der Waals surface area contributed by atoms with Gasteiger partial charge in [-0.1, -0.05) is 0 Å². The second kappa shape index (κ2) is 6.80. The molecule has 0 heterocycles. The summed E-state index contributed by atoms with van der Waals surface area (Å²) in [6.07, 6.45) is 1.38. The van der Waals surface area contributed by atoms with Crippen LogP contribution in [-0.4, -0.2) is 30.1 Å². The molecule has 1 aromatic carbocycles.